The molecule has 0 saturated heterocycles. The van der Waals surface area contributed by atoms with Crippen LogP contribution >= 0.6 is 0 Å². The molecule has 0 amide bonds. The second-order valence-corrected chi connectivity index (χ2v) is 4.12. The third-order valence-electron chi connectivity index (χ3n) is 3.18. The van der Waals surface area contributed by atoms with Crippen LogP contribution in [0.25, 0.3) is 0 Å². The Balaban J connectivity index is 2.56. The lowest BCUT2D eigenvalue weighted by Crippen LogP contribution is -2.43. The van der Waals surface area contributed by atoms with E-state index in [0.717, 1.165) is 19.3 Å². The SMILES string of the molecule is COc1cccc(C2(N)CCC2)c1[N+](=O)[O-]. The van der Waals surface area contributed by atoms with Crippen LogP contribution in [-0.2, 0) is 5.54 Å². The summed E-state index contributed by atoms with van der Waals surface area (Å²) < 4.78 is 5.01. The van der Waals surface area contributed by atoms with E-state index in [1.54, 1.807) is 18.2 Å². The first kappa shape index (κ1) is 10.9. The van der Waals surface area contributed by atoms with Gasteiger partial charge in [0.05, 0.1) is 17.6 Å². The van der Waals surface area contributed by atoms with Crippen LogP contribution in [0.5, 0.6) is 5.75 Å². The van der Waals surface area contributed by atoms with Crippen LogP contribution in [0, 0.1) is 10.1 Å². The van der Waals surface area contributed by atoms with Gasteiger partial charge in [0.15, 0.2) is 5.75 Å². The number of nitro groups is 1. The lowest BCUT2D eigenvalue weighted by molar-refractivity contribution is -0.387. The summed E-state index contributed by atoms with van der Waals surface area (Å²) in [4.78, 5) is 10.6. The van der Waals surface area contributed by atoms with Crippen molar-refractivity contribution in [2.24, 2.45) is 5.73 Å². The molecule has 0 radical (unpaired) electrons. The molecule has 1 aliphatic rings. The van der Waals surface area contributed by atoms with Gasteiger partial charge in [-0.2, -0.15) is 0 Å². The Hall–Kier alpha value is -1.62. The van der Waals surface area contributed by atoms with Crippen molar-refractivity contribution in [2.45, 2.75) is 24.8 Å². The molecule has 2 rings (SSSR count). The van der Waals surface area contributed by atoms with Crippen LogP contribution in [0.4, 0.5) is 5.69 Å². The molecule has 86 valence electrons. The molecule has 5 heteroatoms. The number of benzene rings is 1. The number of nitrogens with two attached hydrogens (primary N) is 1. The molecule has 0 unspecified atom stereocenters. The van der Waals surface area contributed by atoms with Gasteiger partial charge in [-0.3, -0.25) is 10.1 Å². The molecule has 5 nitrogen and oxygen atoms in total. The lowest BCUT2D eigenvalue weighted by atomic mass is 9.72. The van der Waals surface area contributed by atoms with Crippen molar-refractivity contribution in [1.82, 2.24) is 0 Å². The molecular formula is C11H14N2O3. The number of hydrogen-bond donors (Lipinski definition) is 1. The molecule has 16 heavy (non-hydrogen) atoms. The van der Waals surface area contributed by atoms with E-state index in [0.29, 0.717) is 5.56 Å². The highest BCUT2D eigenvalue weighted by atomic mass is 16.6. The third kappa shape index (κ3) is 1.53. The van der Waals surface area contributed by atoms with E-state index in [1.807, 2.05) is 0 Å². The summed E-state index contributed by atoms with van der Waals surface area (Å²) in [5.74, 6) is 0.277. The van der Waals surface area contributed by atoms with Crippen molar-refractivity contribution in [3.8, 4) is 5.75 Å². The molecule has 0 aliphatic heterocycles. The number of hydrogen-bond acceptors (Lipinski definition) is 4. The second-order valence-electron chi connectivity index (χ2n) is 4.12. The number of rotatable bonds is 3. The molecule has 1 aromatic rings. The maximum Gasteiger partial charge on any atom is 0.315 e. The fourth-order valence-electron chi connectivity index (χ4n) is 2.10. The summed E-state index contributed by atoms with van der Waals surface area (Å²) in [7, 11) is 1.43. The third-order valence-corrected chi connectivity index (χ3v) is 3.18. The lowest BCUT2D eigenvalue weighted by Gasteiger charge is -2.38. The van der Waals surface area contributed by atoms with Crippen molar-refractivity contribution >= 4 is 5.69 Å². The van der Waals surface area contributed by atoms with Crippen LogP contribution in [0.3, 0.4) is 0 Å². The monoisotopic (exact) mass is 222 g/mol. The summed E-state index contributed by atoms with van der Waals surface area (Å²) in [5, 5.41) is 11.1. The molecule has 2 N–H and O–H groups in total. The summed E-state index contributed by atoms with van der Waals surface area (Å²) in [5.41, 5.74) is 6.17. The van der Waals surface area contributed by atoms with Crippen molar-refractivity contribution in [1.29, 1.82) is 0 Å². The number of para-hydroxylation sites is 1. The molecule has 0 aromatic heterocycles. The van der Waals surface area contributed by atoms with Crippen molar-refractivity contribution in [3.05, 3.63) is 33.9 Å². The Morgan fingerprint density at radius 3 is 2.62 bits per heavy atom. The first-order valence-electron chi connectivity index (χ1n) is 5.19. The van der Waals surface area contributed by atoms with Gasteiger partial charge < -0.3 is 10.5 Å². The highest BCUT2D eigenvalue weighted by Crippen LogP contribution is 2.45. The maximum absolute atomic E-state index is 11.1. The molecule has 1 saturated carbocycles. The summed E-state index contributed by atoms with van der Waals surface area (Å²) in [6, 6.07) is 5.05. The van der Waals surface area contributed by atoms with Gasteiger partial charge in [0.1, 0.15) is 0 Å². The fraction of sp³-hybridized carbons (Fsp3) is 0.455. The Labute approximate surface area is 93.4 Å². The fourth-order valence-corrected chi connectivity index (χ4v) is 2.10. The van der Waals surface area contributed by atoms with Crippen molar-refractivity contribution in [2.75, 3.05) is 7.11 Å². The van der Waals surface area contributed by atoms with Crippen LogP contribution in [0.2, 0.25) is 0 Å². The quantitative estimate of drug-likeness (QED) is 0.626. The maximum atomic E-state index is 11.1. The molecular weight excluding hydrogens is 208 g/mol. The predicted molar refractivity (Wildman–Crippen MR) is 59.4 cm³/mol. The van der Waals surface area contributed by atoms with Gasteiger partial charge in [-0.1, -0.05) is 12.1 Å². The van der Waals surface area contributed by atoms with Gasteiger partial charge in [-0.05, 0) is 25.3 Å². The largest absolute Gasteiger partial charge is 0.490 e. The Morgan fingerprint density at radius 1 is 1.50 bits per heavy atom. The van der Waals surface area contributed by atoms with Crippen molar-refractivity contribution < 1.29 is 9.66 Å². The predicted octanol–water partition coefficient (Wildman–Crippen LogP) is 1.94. The molecule has 0 heterocycles. The van der Waals surface area contributed by atoms with Gasteiger partial charge in [-0.15, -0.1) is 0 Å². The zero-order valence-electron chi connectivity index (χ0n) is 9.10. The summed E-state index contributed by atoms with van der Waals surface area (Å²) >= 11 is 0. The van der Waals surface area contributed by atoms with Gasteiger partial charge >= 0.3 is 5.69 Å². The number of ether oxygens (including phenoxy) is 1. The molecule has 0 bridgehead atoms. The highest BCUT2D eigenvalue weighted by Gasteiger charge is 2.40. The van der Waals surface area contributed by atoms with E-state index in [4.69, 9.17) is 10.5 Å². The normalized spacial score (nSPS) is 17.6. The average Bonchev–Trinajstić information content (AvgIpc) is 2.24. The first-order valence-corrected chi connectivity index (χ1v) is 5.19. The van der Waals surface area contributed by atoms with E-state index in [-0.39, 0.29) is 11.4 Å². The Bertz CT molecular complexity index is 427. The van der Waals surface area contributed by atoms with Gasteiger partial charge in [0, 0.05) is 5.54 Å². The number of methoxy groups -OCH3 is 1. The molecule has 1 aliphatic carbocycles. The number of nitrogens with zero attached hydrogens (tertiary/aromatic N) is 1. The van der Waals surface area contributed by atoms with Crippen molar-refractivity contribution in [3.63, 3.8) is 0 Å². The minimum atomic E-state index is -0.545. The molecule has 0 atom stereocenters. The highest BCUT2D eigenvalue weighted by molar-refractivity contribution is 5.56. The standard InChI is InChI=1S/C11H14N2O3/c1-16-9-5-2-4-8(10(9)13(14)15)11(12)6-3-7-11/h2,4-5H,3,6-7,12H2,1H3. The summed E-state index contributed by atoms with van der Waals surface area (Å²) in [6.45, 7) is 0. The van der Waals surface area contributed by atoms with E-state index in [9.17, 15) is 10.1 Å². The topological polar surface area (TPSA) is 78.4 Å². The van der Waals surface area contributed by atoms with E-state index in [2.05, 4.69) is 0 Å². The second kappa shape index (κ2) is 3.75. The van der Waals surface area contributed by atoms with E-state index >= 15 is 0 Å². The Kier molecular flexibility index (Phi) is 2.55. The molecule has 0 spiro atoms. The minimum Gasteiger partial charge on any atom is -0.490 e. The van der Waals surface area contributed by atoms with Crippen LogP contribution < -0.4 is 10.5 Å². The average molecular weight is 222 g/mol. The molecule has 1 aromatic carbocycles. The smallest absolute Gasteiger partial charge is 0.315 e. The number of nitro benzene ring substituents is 1. The first-order chi connectivity index (χ1) is 7.58. The van der Waals surface area contributed by atoms with Gasteiger partial charge in [0.2, 0.25) is 0 Å². The zero-order chi connectivity index (χ0) is 11.8. The van der Waals surface area contributed by atoms with E-state index in [1.165, 1.54) is 7.11 Å². The van der Waals surface area contributed by atoms with E-state index < -0.39 is 10.5 Å². The molecule has 1 fully saturated rings. The van der Waals surface area contributed by atoms with Crippen LogP contribution in [0.1, 0.15) is 24.8 Å². The minimum absolute atomic E-state index is 0.00667. The zero-order valence-corrected chi connectivity index (χ0v) is 9.10. The Morgan fingerprint density at radius 2 is 2.19 bits per heavy atom. The van der Waals surface area contributed by atoms with Crippen LogP contribution in [0.15, 0.2) is 18.2 Å². The van der Waals surface area contributed by atoms with Crippen LogP contribution in [-0.4, -0.2) is 12.0 Å². The summed E-state index contributed by atoms with van der Waals surface area (Å²) in [6.07, 6.45) is 2.60. The van der Waals surface area contributed by atoms with Gasteiger partial charge in [0.25, 0.3) is 0 Å². The van der Waals surface area contributed by atoms with Gasteiger partial charge in [-0.25, -0.2) is 0 Å².